The Bertz CT molecular complexity index is 682. The number of nitrogens with zero attached hydrogens (tertiary/aromatic N) is 2. The Morgan fingerprint density at radius 3 is 2.79 bits per heavy atom. The molecule has 102 valence electrons. The molecule has 6 nitrogen and oxygen atoms in total. The lowest BCUT2D eigenvalue weighted by Crippen LogP contribution is -2.17. The standard InChI is InChI=1S/C13H17N3O3/c1-5-19-13(18)11-8(4)15-16-10(17)6-9(7(2)3)14-12(11)16/h6-7,14H,5H2,1-4H3. The number of fused-ring (bicyclic) bond motifs is 1. The highest BCUT2D eigenvalue weighted by atomic mass is 16.5. The Kier molecular flexibility index (Phi) is 3.42. The molecule has 0 unspecified atom stereocenters. The molecular weight excluding hydrogens is 246 g/mol. The molecule has 1 N–H and O–H groups in total. The molecule has 19 heavy (non-hydrogen) atoms. The fourth-order valence-electron chi connectivity index (χ4n) is 1.93. The van der Waals surface area contributed by atoms with Crippen LogP contribution in [0, 0.1) is 6.92 Å². The number of aromatic nitrogens is 3. The van der Waals surface area contributed by atoms with Gasteiger partial charge in [0.15, 0.2) is 5.65 Å². The molecule has 0 saturated carbocycles. The molecule has 0 aliphatic heterocycles. The van der Waals surface area contributed by atoms with E-state index in [2.05, 4.69) is 10.1 Å². The van der Waals surface area contributed by atoms with E-state index >= 15 is 0 Å². The zero-order valence-electron chi connectivity index (χ0n) is 11.5. The molecule has 2 rings (SSSR count). The molecule has 2 aromatic heterocycles. The predicted octanol–water partition coefficient (Wildman–Crippen LogP) is 1.63. The van der Waals surface area contributed by atoms with Gasteiger partial charge in [-0.1, -0.05) is 13.8 Å². The summed E-state index contributed by atoms with van der Waals surface area (Å²) < 4.78 is 6.20. The second kappa shape index (κ2) is 4.87. The van der Waals surface area contributed by atoms with Crippen molar-refractivity contribution in [3.8, 4) is 0 Å². The first-order chi connectivity index (χ1) is 8.95. The minimum Gasteiger partial charge on any atom is -0.462 e. The molecular formula is C13H17N3O3. The average molecular weight is 263 g/mol. The van der Waals surface area contributed by atoms with Crippen molar-refractivity contribution < 1.29 is 9.53 Å². The second-order valence-corrected chi connectivity index (χ2v) is 4.66. The fraction of sp³-hybridized carbons (Fsp3) is 0.462. The lowest BCUT2D eigenvalue weighted by molar-refractivity contribution is 0.0527. The van der Waals surface area contributed by atoms with Crippen LogP contribution < -0.4 is 5.56 Å². The molecule has 0 fully saturated rings. The second-order valence-electron chi connectivity index (χ2n) is 4.66. The maximum Gasteiger partial charge on any atom is 0.343 e. The van der Waals surface area contributed by atoms with Gasteiger partial charge in [0, 0.05) is 11.8 Å². The number of nitrogens with one attached hydrogen (secondary N) is 1. The van der Waals surface area contributed by atoms with Crippen LogP contribution >= 0.6 is 0 Å². The van der Waals surface area contributed by atoms with Crippen LogP contribution in [0.3, 0.4) is 0 Å². The first kappa shape index (κ1) is 13.3. The van der Waals surface area contributed by atoms with Crippen LogP contribution in [0.4, 0.5) is 0 Å². The van der Waals surface area contributed by atoms with E-state index in [1.807, 2.05) is 13.8 Å². The maximum atomic E-state index is 12.0. The van der Waals surface area contributed by atoms with Gasteiger partial charge in [0.05, 0.1) is 12.3 Å². The van der Waals surface area contributed by atoms with Gasteiger partial charge in [0.25, 0.3) is 5.56 Å². The van der Waals surface area contributed by atoms with Gasteiger partial charge < -0.3 is 9.72 Å². The molecule has 6 heteroatoms. The van der Waals surface area contributed by atoms with Crippen LogP contribution in [0.25, 0.3) is 5.65 Å². The molecule has 0 aliphatic carbocycles. The van der Waals surface area contributed by atoms with Crippen molar-refractivity contribution in [2.75, 3.05) is 6.61 Å². The number of carbonyl (C=O) groups is 1. The molecule has 2 aromatic rings. The van der Waals surface area contributed by atoms with E-state index in [-0.39, 0.29) is 18.1 Å². The zero-order chi connectivity index (χ0) is 14.2. The summed E-state index contributed by atoms with van der Waals surface area (Å²) in [6.45, 7) is 7.64. The molecule has 0 atom stereocenters. The van der Waals surface area contributed by atoms with Crippen molar-refractivity contribution in [3.05, 3.63) is 33.4 Å². The number of aromatic amines is 1. The van der Waals surface area contributed by atoms with Crippen LogP contribution in [-0.4, -0.2) is 27.2 Å². The molecule has 0 aliphatic rings. The Morgan fingerprint density at radius 1 is 1.53 bits per heavy atom. The molecule has 0 bridgehead atoms. The van der Waals surface area contributed by atoms with Gasteiger partial charge in [-0.2, -0.15) is 9.61 Å². The molecule has 0 amide bonds. The third kappa shape index (κ3) is 2.25. The number of aryl methyl sites for hydroxylation is 1. The molecule has 0 aromatic carbocycles. The summed E-state index contributed by atoms with van der Waals surface area (Å²) in [5.74, 6) is -0.311. The minimum absolute atomic E-state index is 0.156. The van der Waals surface area contributed by atoms with E-state index in [1.54, 1.807) is 13.8 Å². The van der Waals surface area contributed by atoms with Crippen LogP contribution in [0.15, 0.2) is 10.9 Å². The van der Waals surface area contributed by atoms with Gasteiger partial charge in [-0.3, -0.25) is 4.79 Å². The van der Waals surface area contributed by atoms with Crippen LogP contribution in [-0.2, 0) is 4.74 Å². The van der Waals surface area contributed by atoms with Crippen LogP contribution in [0.5, 0.6) is 0 Å². The minimum atomic E-state index is -0.466. The first-order valence-electron chi connectivity index (χ1n) is 6.25. The maximum absolute atomic E-state index is 12.0. The first-order valence-corrected chi connectivity index (χ1v) is 6.25. The normalized spacial score (nSPS) is 11.2. The van der Waals surface area contributed by atoms with E-state index in [0.717, 1.165) is 5.69 Å². The van der Waals surface area contributed by atoms with E-state index in [9.17, 15) is 9.59 Å². The van der Waals surface area contributed by atoms with E-state index in [1.165, 1.54) is 10.6 Å². The highest BCUT2D eigenvalue weighted by Gasteiger charge is 2.20. The highest BCUT2D eigenvalue weighted by molar-refractivity contribution is 5.97. The van der Waals surface area contributed by atoms with Crippen molar-refractivity contribution in [2.24, 2.45) is 0 Å². The summed E-state index contributed by atoms with van der Waals surface area (Å²) >= 11 is 0. The Labute approximate surface area is 110 Å². The Hall–Kier alpha value is -2.11. The van der Waals surface area contributed by atoms with Gasteiger partial charge in [0.2, 0.25) is 0 Å². The molecule has 2 heterocycles. The topological polar surface area (TPSA) is 76.5 Å². The fourth-order valence-corrected chi connectivity index (χ4v) is 1.93. The van der Waals surface area contributed by atoms with Crippen molar-refractivity contribution in [3.63, 3.8) is 0 Å². The predicted molar refractivity (Wildman–Crippen MR) is 70.6 cm³/mol. The number of H-pyrrole nitrogens is 1. The van der Waals surface area contributed by atoms with E-state index in [4.69, 9.17) is 4.74 Å². The average Bonchev–Trinajstić information content (AvgIpc) is 2.66. The van der Waals surface area contributed by atoms with Crippen LogP contribution in [0.2, 0.25) is 0 Å². The molecule has 0 saturated heterocycles. The van der Waals surface area contributed by atoms with Crippen molar-refractivity contribution >= 4 is 11.6 Å². The highest BCUT2D eigenvalue weighted by Crippen LogP contribution is 2.16. The molecule has 0 radical (unpaired) electrons. The summed E-state index contributed by atoms with van der Waals surface area (Å²) in [5.41, 5.74) is 1.71. The summed E-state index contributed by atoms with van der Waals surface area (Å²) in [6, 6.07) is 1.50. The summed E-state index contributed by atoms with van der Waals surface area (Å²) in [7, 11) is 0. The van der Waals surface area contributed by atoms with Crippen molar-refractivity contribution in [1.82, 2.24) is 14.6 Å². The number of ether oxygens (including phenoxy) is 1. The number of esters is 1. The zero-order valence-corrected chi connectivity index (χ0v) is 11.5. The molecule has 0 spiro atoms. The van der Waals surface area contributed by atoms with Gasteiger partial charge >= 0.3 is 5.97 Å². The van der Waals surface area contributed by atoms with Gasteiger partial charge in [-0.25, -0.2) is 4.79 Å². The SMILES string of the molecule is CCOC(=O)c1c(C)nn2c(=O)cc(C(C)C)[nH]c12. The van der Waals surface area contributed by atoms with Gasteiger partial charge in [-0.05, 0) is 19.8 Å². The largest absolute Gasteiger partial charge is 0.462 e. The third-order valence-corrected chi connectivity index (χ3v) is 2.91. The Morgan fingerprint density at radius 2 is 2.21 bits per heavy atom. The van der Waals surface area contributed by atoms with E-state index in [0.29, 0.717) is 16.9 Å². The number of rotatable bonds is 3. The number of carbonyl (C=O) groups excluding carboxylic acids is 1. The van der Waals surface area contributed by atoms with Crippen molar-refractivity contribution in [2.45, 2.75) is 33.6 Å². The number of hydrogen-bond donors (Lipinski definition) is 1. The van der Waals surface area contributed by atoms with E-state index < -0.39 is 5.97 Å². The third-order valence-electron chi connectivity index (χ3n) is 2.91. The summed E-state index contributed by atoms with van der Waals surface area (Å²) in [6.07, 6.45) is 0. The summed E-state index contributed by atoms with van der Waals surface area (Å²) in [5, 5.41) is 4.09. The van der Waals surface area contributed by atoms with Gasteiger partial charge in [-0.15, -0.1) is 0 Å². The Balaban J connectivity index is 2.73. The van der Waals surface area contributed by atoms with Crippen LogP contribution in [0.1, 0.15) is 48.4 Å². The van der Waals surface area contributed by atoms with Gasteiger partial charge in [0.1, 0.15) is 5.56 Å². The quantitative estimate of drug-likeness (QED) is 0.854. The monoisotopic (exact) mass is 263 g/mol. The lowest BCUT2D eigenvalue weighted by atomic mass is 10.1. The van der Waals surface area contributed by atoms with Crippen molar-refractivity contribution in [1.29, 1.82) is 0 Å². The smallest absolute Gasteiger partial charge is 0.343 e. The number of hydrogen-bond acceptors (Lipinski definition) is 4. The summed E-state index contributed by atoms with van der Waals surface area (Å²) in [4.78, 5) is 27.0. The lowest BCUT2D eigenvalue weighted by Gasteiger charge is -2.06.